The summed E-state index contributed by atoms with van der Waals surface area (Å²) in [6.45, 7) is 2.00. The number of anilines is 1. The van der Waals surface area contributed by atoms with Crippen LogP contribution in [0, 0.1) is 5.92 Å². The summed E-state index contributed by atoms with van der Waals surface area (Å²) in [5, 5.41) is 3.52. The normalized spacial score (nSPS) is 20.5. The SMILES string of the molecule is COc1ccc(C2C(CNc3ccc4nccnc4n3)CCCN2C)cc1. The van der Waals surface area contributed by atoms with Crippen molar-refractivity contribution in [3.63, 3.8) is 0 Å². The Bertz CT molecular complexity index is 898. The number of hydrogen-bond donors (Lipinski definition) is 1. The zero-order chi connectivity index (χ0) is 18.6. The lowest BCUT2D eigenvalue weighted by Gasteiger charge is -2.39. The molecule has 1 aromatic carbocycles. The molecule has 6 nitrogen and oxygen atoms in total. The third kappa shape index (κ3) is 3.85. The summed E-state index contributed by atoms with van der Waals surface area (Å²) in [5.74, 6) is 2.26. The summed E-state index contributed by atoms with van der Waals surface area (Å²) in [4.78, 5) is 15.6. The number of methoxy groups -OCH3 is 1. The second kappa shape index (κ2) is 7.88. The summed E-state index contributed by atoms with van der Waals surface area (Å²) >= 11 is 0. The number of hydrogen-bond acceptors (Lipinski definition) is 6. The molecule has 2 unspecified atom stereocenters. The molecule has 1 aliphatic rings. The molecule has 0 aliphatic carbocycles. The summed E-state index contributed by atoms with van der Waals surface area (Å²) in [6.07, 6.45) is 5.77. The fourth-order valence-corrected chi connectivity index (χ4v) is 3.99. The Morgan fingerprint density at radius 2 is 1.93 bits per heavy atom. The van der Waals surface area contributed by atoms with Crippen molar-refractivity contribution in [2.24, 2.45) is 5.92 Å². The van der Waals surface area contributed by atoms with Crippen LogP contribution in [0.4, 0.5) is 5.82 Å². The minimum Gasteiger partial charge on any atom is -0.497 e. The van der Waals surface area contributed by atoms with Crippen LogP contribution in [0.15, 0.2) is 48.8 Å². The smallest absolute Gasteiger partial charge is 0.180 e. The third-order valence-corrected chi connectivity index (χ3v) is 5.34. The van der Waals surface area contributed by atoms with Crippen LogP contribution in [0.2, 0.25) is 0 Å². The first kappa shape index (κ1) is 17.7. The molecule has 3 aromatic rings. The highest BCUT2D eigenvalue weighted by atomic mass is 16.5. The van der Waals surface area contributed by atoms with Crippen molar-refractivity contribution in [1.29, 1.82) is 0 Å². The van der Waals surface area contributed by atoms with E-state index in [4.69, 9.17) is 4.74 Å². The van der Waals surface area contributed by atoms with Crippen LogP contribution in [0.1, 0.15) is 24.4 Å². The van der Waals surface area contributed by atoms with Gasteiger partial charge in [0.15, 0.2) is 5.65 Å². The van der Waals surface area contributed by atoms with Crippen LogP contribution < -0.4 is 10.1 Å². The number of piperidine rings is 1. The van der Waals surface area contributed by atoms with Gasteiger partial charge in [-0.2, -0.15) is 0 Å². The molecule has 1 saturated heterocycles. The number of rotatable bonds is 5. The van der Waals surface area contributed by atoms with E-state index in [1.807, 2.05) is 24.3 Å². The van der Waals surface area contributed by atoms with Gasteiger partial charge >= 0.3 is 0 Å². The molecule has 1 fully saturated rings. The molecule has 1 N–H and O–H groups in total. The Hall–Kier alpha value is -2.73. The molecular weight excluding hydrogens is 338 g/mol. The van der Waals surface area contributed by atoms with Gasteiger partial charge in [0, 0.05) is 25.0 Å². The van der Waals surface area contributed by atoms with Gasteiger partial charge in [-0.15, -0.1) is 0 Å². The van der Waals surface area contributed by atoms with Crippen LogP contribution in [-0.4, -0.2) is 47.1 Å². The maximum Gasteiger partial charge on any atom is 0.180 e. The standard InChI is InChI=1S/C21H25N5O/c1-26-13-3-4-16(20(26)15-5-7-17(27-2)8-6-15)14-24-19-10-9-18-21(25-19)23-12-11-22-18/h5-12,16,20H,3-4,13-14H2,1-2H3,(H,23,24,25). The quantitative estimate of drug-likeness (QED) is 0.748. The maximum absolute atomic E-state index is 5.31. The van der Waals surface area contributed by atoms with E-state index in [1.54, 1.807) is 19.5 Å². The molecular formula is C21H25N5O. The summed E-state index contributed by atoms with van der Waals surface area (Å²) in [7, 11) is 3.92. The summed E-state index contributed by atoms with van der Waals surface area (Å²) in [6, 6.07) is 12.8. The van der Waals surface area contributed by atoms with Gasteiger partial charge in [-0.05, 0) is 62.2 Å². The van der Waals surface area contributed by atoms with Gasteiger partial charge in [-0.25, -0.2) is 9.97 Å². The highest BCUT2D eigenvalue weighted by Crippen LogP contribution is 2.35. The average Bonchev–Trinajstić information content (AvgIpc) is 2.72. The topological polar surface area (TPSA) is 63.2 Å². The van der Waals surface area contributed by atoms with E-state index in [-0.39, 0.29) is 0 Å². The molecule has 0 saturated carbocycles. The largest absolute Gasteiger partial charge is 0.497 e. The van der Waals surface area contributed by atoms with Crippen LogP contribution in [0.5, 0.6) is 5.75 Å². The molecule has 140 valence electrons. The minimum atomic E-state index is 0.386. The molecule has 0 radical (unpaired) electrons. The second-order valence-electron chi connectivity index (χ2n) is 7.08. The van der Waals surface area contributed by atoms with Crippen molar-refractivity contribution in [1.82, 2.24) is 19.9 Å². The van der Waals surface area contributed by atoms with Gasteiger partial charge in [0.25, 0.3) is 0 Å². The minimum absolute atomic E-state index is 0.386. The molecule has 27 heavy (non-hydrogen) atoms. The van der Waals surface area contributed by atoms with Crippen molar-refractivity contribution in [3.8, 4) is 5.75 Å². The van der Waals surface area contributed by atoms with E-state index in [0.29, 0.717) is 17.6 Å². The number of nitrogens with zero attached hydrogens (tertiary/aromatic N) is 4. The number of pyridine rings is 1. The molecule has 3 heterocycles. The Kier molecular flexibility index (Phi) is 5.16. The van der Waals surface area contributed by atoms with Crippen molar-refractivity contribution in [2.75, 3.05) is 32.6 Å². The molecule has 0 bridgehead atoms. The third-order valence-electron chi connectivity index (χ3n) is 5.34. The Morgan fingerprint density at radius 1 is 1.11 bits per heavy atom. The summed E-state index contributed by atoms with van der Waals surface area (Å²) < 4.78 is 5.31. The van der Waals surface area contributed by atoms with E-state index in [9.17, 15) is 0 Å². The van der Waals surface area contributed by atoms with E-state index in [0.717, 1.165) is 30.2 Å². The van der Waals surface area contributed by atoms with E-state index in [1.165, 1.54) is 18.4 Å². The lowest BCUT2D eigenvalue weighted by Crippen LogP contribution is -2.39. The Labute approximate surface area is 159 Å². The highest BCUT2D eigenvalue weighted by Gasteiger charge is 2.30. The molecule has 0 amide bonds. The van der Waals surface area contributed by atoms with Gasteiger partial charge in [0.1, 0.15) is 17.1 Å². The van der Waals surface area contributed by atoms with Crippen molar-refractivity contribution in [3.05, 3.63) is 54.4 Å². The first-order valence-corrected chi connectivity index (χ1v) is 9.40. The molecule has 2 atom stereocenters. The van der Waals surface area contributed by atoms with Crippen LogP contribution in [0.3, 0.4) is 0 Å². The maximum atomic E-state index is 5.31. The van der Waals surface area contributed by atoms with Crippen LogP contribution in [-0.2, 0) is 0 Å². The lowest BCUT2D eigenvalue weighted by atomic mass is 9.85. The number of fused-ring (bicyclic) bond motifs is 1. The van der Waals surface area contributed by atoms with Gasteiger partial charge in [0.05, 0.1) is 7.11 Å². The zero-order valence-electron chi connectivity index (χ0n) is 15.8. The van der Waals surface area contributed by atoms with Gasteiger partial charge < -0.3 is 10.1 Å². The number of nitrogens with one attached hydrogen (secondary N) is 1. The first-order valence-electron chi connectivity index (χ1n) is 9.40. The van der Waals surface area contributed by atoms with Crippen LogP contribution in [0.25, 0.3) is 11.2 Å². The van der Waals surface area contributed by atoms with Gasteiger partial charge in [0.2, 0.25) is 0 Å². The molecule has 2 aromatic heterocycles. The molecule has 6 heteroatoms. The van der Waals surface area contributed by atoms with E-state index < -0.39 is 0 Å². The van der Waals surface area contributed by atoms with Crippen LogP contribution >= 0.6 is 0 Å². The Balaban J connectivity index is 1.50. The monoisotopic (exact) mass is 363 g/mol. The first-order chi connectivity index (χ1) is 13.2. The number of benzene rings is 1. The summed E-state index contributed by atoms with van der Waals surface area (Å²) in [5.41, 5.74) is 2.83. The second-order valence-corrected chi connectivity index (χ2v) is 7.08. The van der Waals surface area contributed by atoms with Crippen molar-refractivity contribution in [2.45, 2.75) is 18.9 Å². The van der Waals surface area contributed by atoms with E-state index >= 15 is 0 Å². The van der Waals surface area contributed by atoms with Crippen molar-refractivity contribution >= 4 is 17.0 Å². The average molecular weight is 363 g/mol. The molecule has 1 aliphatic heterocycles. The fourth-order valence-electron chi connectivity index (χ4n) is 3.99. The van der Waals surface area contributed by atoms with Crippen molar-refractivity contribution < 1.29 is 4.74 Å². The molecule has 0 spiro atoms. The van der Waals surface area contributed by atoms with Gasteiger partial charge in [-0.3, -0.25) is 9.88 Å². The predicted molar refractivity (Wildman–Crippen MR) is 107 cm³/mol. The van der Waals surface area contributed by atoms with E-state index in [2.05, 4.69) is 44.3 Å². The Morgan fingerprint density at radius 3 is 2.74 bits per heavy atom. The fraction of sp³-hybridized carbons (Fsp3) is 0.381. The zero-order valence-corrected chi connectivity index (χ0v) is 15.8. The van der Waals surface area contributed by atoms with Gasteiger partial charge in [-0.1, -0.05) is 12.1 Å². The molecule has 4 rings (SSSR count). The number of aromatic nitrogens is 3. The highest BCUT2D eigenvalue weighted by molar-refractivity contribution is 5.71. The number of ether oxygens (including phenoxy) is 1. The predicted octanol–water partition coefficient (Wildman–Crippen LogP) is 3.53. The number of likely N-dealkylation sites (tertiary alicyclic amines) is 1. The lowest BCUT2D eigenvalue weighted by molar-refractivity contribution is 0.128.